The largest absolute Gasteiger partial charge is 0.370 e. The lowest BCUT2D eigenvalue weighted by Gasteiger charge is -2.41. The number of benzene rings is 2. The van der Waals surface area contributed by atoms with Gasteiger partial charge in [0.1, 0.15) is 30.0 Å². The third-order valence-electron chi connectivity index (χ3n) is 11.8. The number of aromatic nitrogens is 1. The number of hydrogen-bond acceptors (Lipinski definition) is 11. The van der Waals surface area contributed by atoms with E-state index in [1.54, 1.807) is 13.2 Å². The summed E-state index contributed by atoms with van der Waals surface area (Å²) in [7, 11) is 1.62. The van der Waals surface area contributed by atoms with E-state index in [1.165, 1.54) is 0 Å². The maximum absolute atomic E-state index is 13.9. The van der Waals surface area contributed by atoms with Crippen molar-refractivity contribution in [3.63, 3.8) is 0 Å². The molecule has 0 radical (unpaired) electrons. The quantitative estimate of drug-likeness (QED) is 0.0155. The monoisotopic (exact) mass is 899 g/mol. The van der Waals surface area contributed by atoms with Crippen molar-refractivity contribution in [3.05, 3.63) is 71.9 Å². The summed E-state index contributed by atoms with van der Waals surface area (Å²) in [4.78, 5) is 110. The number of carbonyl (C=O) groups excluding carboxylic acids is 8. The first-order chi connectivity index (χ1) is 31.3. The minimum absolute atomic E-state index is 0.101. The molecule has 3 aromatic rings. The summed E-state index contributed by atoms with van der Waals surface area (Å²) in [6.07, 6.45) is 4.24. The van der Waals surface area contributed by atoms with Crippen molar-refractivity contribution >= 4 is 64.6 Å². The molecule has 0 unspecified atom stereocenters. The van der Waals surface area contributed by atoms with Crippen LogP contribution in [0, 0.1) is 5.41 Å². The summed E-state index contributed by atoms with van der Waals surface area (Å²) in [5.74, 6) is -3.92. The highest BCUT2D eigenvalue weighted by atomic mass is 16.2. The van der Waals surface area contributed by atoms with Gasteiger partial charge >= 0.3 is 6.03 Å². The smallest absolute Gasteiger partial charge is 0.325 e. The van der Waals surface area contributed by atoms with E-state index in [9.17, 15) is 38.4 Å². The first-order valence-corrected chi connectivity index (χ1v) is 21.9. The Morgan fingerprint density at radius 2 is 1.51 bits per heavy atom. The third-order valence-corrected chi connectivity index (χ3v) is 11.8. The fraction of sp³-hybridized carbons (Fsp3) is 0.477. The van der Waals surface area contributed by atoms with Gasteiger partial charge in [-0.1, -0.05) is 48.5 Å². The molecule has 5 rings (SSSR count). The van der Waals surface area contributed by atoms with E-state index >= 15 is 0 Å². The summed E-state index contributed by atoms with van der Waals surface area (Å²) in [5, 5.41) is 30.5. The number of nitrogens with one attached hydrogen (secondary N) is 10. The fourth-order valence-corrected chi connectivity index (χ4v) is 8.23. The van der Waals surface area contributed by atoms with Gasteiger partial charge in [-0.3, -0.25) is 34.2 Å². The molecule has 2 aromatic carbocycles. The maximum Gasteiger partial charge on any atom is 0.325 e. The summed E-state index contributed by atoms with van der Waals surface area (Å²) < 4.78 is 0. The Morgan fingerprint density at radius 1 is 0.846 bits per heavy atom. The van der Waals surface area contributed by atoms with Crippen molar-refractivity contribution in [2.45, 2.75) is 100.0 Å². The number of nitrogens with two attached hydrogens (primary N) is 2. The third kappa shape index (κ3) is 13.3. The van der Waals surface area contributed by atoms with Gasteiger partial charge in [0.25, 0.3) is 5.91 Å². The Balaban J connectivity index is 1.13. The molecule has 0 spiro atoms. The number of H-pyrrole nitrogens is 1. The molecule has 65 heavy (non-hydrogen) atoms. The van der Waals surface area contributed by atoms with Gasteiger partial charge in [-0.2, -0.15) is 0 Å². The molecule has 2 fully saturated rings. The van der Waals surface area contributed by atoms with E-state index in [4.69, 9.17) is 16.9 Å². The Labute approximate surface area is 376 Å². The minimum Gasteiger partial charge on any atom is -0.370 e. The van der Waals surface area contributed by atoms with E-state index in [0.29, 0.717) is 51.6 Å². The number of unbranched alkanes of at least 4 members (excludes halogenated alkanes) is 1. The number of para-hydroxylation sites is 1. The SMILES string of the molecule is CN[C@@H](CCCNC(=N)N)C(=O)N[C@@H](Cc1c[nH]c2ccccc12)C(=O)N[C@@H](CCCCNC(=O)C[C@@H]1NC(=O)N(C2(C(=O)N[C@@H](C=O)Cc3ccccc3)CCNCC2)C1=O)C(N)=O. The van der Waals surface area contributed by atoms with Crippen LogP contribution in [0.3, 0.4) is 0 Å². The lowest BCUT2D eigenvalue weighted by Crippen LogP contribution is -2.66. The molecular weight excluding hydrogens is 839 g/mol. The molecule has 5 atom stereocenters. The Morgan fingerprint density at radius 3 is 2.20 bits per heavy atom. The molecule has 14 N–H and O–H groups in total. The van der Waals surface area contributed by atoms with Gasteiger partial charge in [0.2, 0.25) is 29.5 Å². The highest BCUT2D eigenvalue weighted by Gasteiger charge is 2.55. The van der Waals surface area contributed by atoms with Gasteiger partial charge in [-0.05, 0) is 88.7 Å². The maximum atomic E-state index is 13.9. The first-order valence-electron chi connectivity index (χ1n) is 21.9. The number of nitrogens with zero attached hydrogens (tertiary/aromatic N) is 1. The average Bonchev–Trinajstić information content (AvgIpc) is 3.83. The number of rotatable bonds is 25. The van der Waals surface area contributed by atoms with E-state index in [1.807, 2.05) is 54.6 Å². The first kappa shape index (κ1) is 49.2. The van der Waals surface area contributed by atoms with Gasteiger partial charge < -0.3 is 63.8 Å². The minimum atomic E-state index is -1.57. The summed E-state index contributed by atoms with van der Waals surface area (Å²) >= 11 is 0. The number of piperidine rings is 1. The summed E-state index contributed by atoms with van der Waals surface area (Å²) in [6.45, 7) is 1.18. The van der Waals surface area contributed by atoms with Crippen LogP contribution < -0.4 is 54.0 Å². The van der Waals surface area contributed by atoms with Crippen LogP contribution in [0.25, 0.3) is 10.9 Å². The van der Waals surface area contributed by atoms with Gasteiger partial charge in [-0.15, -0.1) is 0 Å². The molecule has 21 heteroatoms. The second kappa shape index (κ2) is 23.7. The highest BCUT2D eigenvalue weighted by Crippen LogP contribution is 2.31. The second-order valence-corrected chi connectivity index (χ2v) is 16.3. The summed E-state index contributed by atoms with van der Waals surface area (Å²) in [6, 6.07) is 10.8. The van der Waals surface area contributed by atoms with Crippen LogP contribution in [0.2, 0.25) is 0 Å². The number of aldehydes is 1. The standard InChI is InChI=1S/C44H61N13O8/c1-48-33(15-9-19-51-42(46)47)38(61)55-34(23-28-25-52-31-13-6-5-12-30(28)31)39(62)54-32(37(45)60)14-7-8-18-50-36(59)24-35-40(63)57(43(65)56-35)44(16-20-49-21-17-44)41(64)53-29(26-58)22-27-10-3-2-4-11-27/h2-6,10-13,25-26,29,32-35,48-49,52H,7-9,14-24H2,1H3,(H2,45,60)(H,50,59)(H,53,64)(H,54,62)(H,55,61)(H,56,65)(H4,46,47,51)/t29-,32+,33+,34+,35+/m1/s1. The predicted octanol–water partition coefficient (Wildman–Crippen LogP) is -1.34. The van der Waals surface area contributed by atoms with Gasteiger partial charge in [-0.25, -0.2) is 9.69 Å². The molecule has 8 amide bonds. The number of hydrogen-bond donors (Lipinski definition) is 12. The molecule has 3 heterocycles. The number of imide groups is 1. The molecule has 2 aliphatic rings. The fourth-order valence-electron chi connectivity index (χ4n) is 8.23. The molecule has 1 aromatic heterocycles. The van der Waals surface area contributed by atoms with Crippen LogP contribution in [0.5, 0.6) is 0 Å². The van der Waals surface area contributed by atoms with Crippen LogP contribution in [-0.4, -0.2) is 133 Å². The molecule has 0 aliphatic carbocycles. The number of guanidine groups is 1. The molecule has 21 nitrogen and oxygen atoms in total. The van der Waals surface area contributed by atoms with Crippen LogP contribution in [0.4, 0.5) is 4.79 Å². The Bertz CT molecular complexity index is 2180. The van der Waals surface area contributed by atoms with Crippen molar-refractivity contribution < 1.29 is 38.4 Å². The van der Waals surface area contributed by atoms with E-state index in [0.717, 1.165) is 26.9 Å². The number of aromatic amines is 1. The van der Waals surface area contributed by atoms with Crippen LogP contribution >= 0.6 is 0 Å². The number of fused-ring (bicyclic) bond motifs is 1. The van der Waals surface area contributed by atoms with E-state index in [-0.39, 0.29) is 44.6 Å². The van der Waals surface area contributed by atoms with E-state index < -0.39 is 83.6 Å². The van der Waals surface area contributed by atoms with Crippen molar-refractivity contribution in [3.8, 4) is 0 Å². The van der Waals surface area contributed by atoms with Crippen LogP contribution in [-0.2, 0) is 46.4 Å². The van der Waals surface area contributed by atoms with Crippen molar-refractivity contribution in [1.29, 1.82) is 5.41 Å². The molecule has 2 aliphatic heterocycles. The van der Waals surface area contributed by atoms with Crippen molar-refractivity contribution in [2.75, 3.05) is 33.2 Å². The zero-order chi connectivity index (χ0) is 46.9. The number of carbonyl (C=O) groups is 8. The molecule has 0 bridgehead atoms. The lowest BCUT2D eigenvalue weighted by atomic mass is 9.84. The zero-order valence-electron chi connectivity index (χ0n) is 36.5. The predicted molar refractivity (Wildman–Crippen MR) is 241 cm³/mol. The van der Waals surface area contributed by atoms with Crippen molar-refractivity contribution in [2.24, 2.45) is 11.5 Å². The number of amides is 8. The van der Waals surface area contributed by atoms with Gasteiger partial charge in [0.15, 0.2) is 5.96 Å². The van der Waals surface area contributed by atoms with E-state index in [2.05, 4.69) is 47.5 Å². The normalized spacial score (nSPS) is 17.5. The highest BCUT2D eigenvalue weighted by molar-refractivity contribution is 6.10. The van der Waals surface area contributed by atoms with Crippen LogP contribution in [0.1, 0.15) is 62.5 Å². The Kier molecular flexibility index (Phi) is 17.9. The van der Waals surface area contributed by atoms with Crippen LogP contribution in [0.15, 0.2) is 60.8 Å². The topological polar surface area (TPSA) is 328 Å². The molecule has 2 saturated heterocycles. The van der Waals surface area contributed by atoms with Crippen molar-refractivity contribution in [1.82, 2.24) is 52.4 Å². The zero-order valence-corrected chi connectivity index (χ0v) is 36.5. The van der Waals surface area contributed by atoms with Gasteiger partial charge in [0, 0.05) is 36.6 Å². The number of urea groups is 1. The lowest BCUT2D eigenvalue weighted by molar-refractivity contribution is -0.145. The average molecular weight is 900 g/mol. The Hall–Kier alpha value is -6.87. The summed E-state index contributed by atoms with van der Waals surface area (Å²) in [5.41, 5.74) is 11.9. The molecule has 0 saturated carbocycles. The molecular formula is C44H61N13O8. The molecule has 350 valence electrons. The van der Waals surface area contributed by atoms with Gasteiger partial charge in [0.05, 0.1) is 18.5 Å². The number of likely N-dealkylation sites (N-methyl/N-ethyl adjacent to an activating group) is 1. The second-order valence-electron chi connectivity index (χ2n) is 16.3. The number of primary amides is 1.